The standard InChI is InChI=1S/C24H24N4O5S2/c1-14-5-9-19(10-6-14)32-13-21-25-17(4)22(34-21)23(29)26-18-7-11-20(12-8-18)35(30,31)28-24-15(2)16(3)27-33-24/h5-12,28H,13H2,1-4H3,(H,26,29). The lowest BCUT2D eigenvalue weighted by Crippen LogP contribution is -2.14. The van der Waals surface area contributed by atoms with Crippen molar-refractivity contribution in [3.8, 4) is 5.75 Å². The summed E-state index contributed by atoms with van der Waals surface area (Å²) in [5, 5.41) is 7.21. The normalized spacial score (nSPS) is 11.3. The summed E-state index contributed by atoms with van der Waals surface area (Å²) in [6.45, 7) is 7.45. The molecule has 0 bridgehead atoms. The van der Waals surface area contributed by atoms with Crippen molar-refractivity contribution in [2.24, 2.45) is 0 Å². The lowest BCUT2D eigenvalue weighted by atomic mass is 10.2. The Morgan fingerprint density at radius 2 is 1.69 bits per heavy atom. The highest BCUT2D eigenvalue weighted by Gasteiger charge is 2.20. The quantitative estimate of drug-likeness (QED) is 0.341. The minimum Gasteiger partial charge on any atom is -0.486 e. The number of ether oxygens (including phenoxy) is 1. The molecule has 0 atom stereocenters. The monoisotopic (exact) mass is 512 g/mol. The van der Waals surface area contributed by atoms with E-state index in [0.29, 0.717) is 32.5 Å². The molecule has 0 aliphatic rings. The van der Waals surface area contributed by atoms with Gasteiger partial charge in [-0.25, -0.2) is 18.1 Å². The molecular formula is C24H24N4O5S2. The molecule has 2 aromatic carbocycles. The number of amides is 1. The molecule has 11 heteroatoms. The van der Waals surface area contributed by atoms with Crippen molar-refractivity contribution in [2.45, 2.75) is 39.2 Å². The zero-order chi connectivity index (χ0) is 25.2. The van der Waals surface area contributed by atoms with Crippen LogP contribution in [-0.2, 0) is 16.6 Å². The Bertz CT molecular complexity index is 1460. The number of carbonyl (C=O) groups is 1. The maximum atomic E-state index is 12.8. The maximum Gasteiger partial charge on any atom is 0.267 e. The first kappa shape index (κ1) is 24.4. The molecule has 0 saturated carbocycles. The molecular weight excluding hydrogens is 488 g/mol. The predicted octanol–water partition coefficient (Wildman–Crippen LogP) is 5.00. The first-order chi connectivity index (χ1) is 16.6. The Hall–Kier alpha value is -3.70. The van der Waals surface area contributed by atoms with E-state index < -0.39 is 10.0 Å². The number of nitrogens with one attached hydrogen (secondary N) is 2. The van der Waals surface area contributed by atoms with E-state index in [-0.39, 0.29) is 23.3 Å². The third-order valence-electron chi connectivity index (χ3n) is 5.24. The first-order valence-corrected chi connectivity index (χ1v) is 13.0. The molecule has 0 radical (unpaired) electrons. The second kappa shape index (κ2) is 9.88. The van der Waals surface area contributed by atoms with Crippen molar-refractivity contribution in [1.29, 1.82) is 0 Å². The molecule has 0 aliphatic heterocycles. The molecule has 2 N–H and O–H groups in total. The summed E-state index contributed by atoms with van der Waals surface area (Å²) in [7, 11) is -3.87. The van der Waals surface area contributed by atoms with Crippen LogP contribution in [0.4, 0.5) is 11.6 Å². The third kappa shape index (κ3) is 5.69. The smallest absolute Gasteiger partial charge is 0.267 e. The van der Waals surface area contributed by atoms with E-state index in [4.69, 9.17) is 9.26 Å². The Morgan fingerprint density at radius 1 is 1.00 bits per heavy atom. The van der Waals surface area contributed by atoms with Crippen LogP contribution in [0.25, 0.3) is 0 Å². The summed E-state index contributed by atoms with van der Waals surface area (Å²) in [5.41, 5.74) is 3.40. The van der Waals surface area contributed by atoms with Gasteiger partial charge in [0, 0.05) is 11.3 Å². The van der Waals surface area contributed by atoms with Gasteiger partial charge in [-0.15, -0.1) is 11.3 Å². The van der Waals surface area contributed by atoms with E-state index in [0.717, 1.165) is 11.3 Å². The summed E-state index contributed by atoms with van der Waals surface area (Å²) in [4.78, 5) is 17.7. The number of sulfonamides is 1. The Morgan fingerprint density at radius 3 is 2.31 bits per heavy atom. The van der Waals surface area contributed by atoms with Crippen molar-refractivity contribution in [1.82, 2.24) is 10.1 Å². The van der Waals surface area contributed by atoms with Crippen LogP contribution in [0.2, 0.25) is 0 Å². The number of thiazole rings is 1. The SMILES string of the molecule is Cc1ccc(OCc2nc(C)c(C(=O)Nc3ccc(S(=O)(=O)Nc4onc(C)c4C)cc3)s2)cc1. The number of anilines is 2. The molecule has 0 fully saturated rings. The predicted molar refractivity (Wildman–Crippen MR) is 134 cm³/mol. The van der Waals surface area contributed by atoms with Gasteiger partial charge < -0.3 is 14.6 Å². The summed E-state index contributed by atoms with van der Waals surface area (Å²) in [6, 6.07) is 13.5. The number of carbonyl (C=O) groups excluding carboxylic acids is 1. The van der Waals surface area contributed by atoms with E-state index in [1.807, 2.05) is 31.2 Å². The zero-order valence-electron chi connectivity index (χ0n) is 19.6. The molecule has 2 heterocycles. The van der Waals surface area contributed by atoms with Gasteiger partial charge in [0.15, 0.2) is 0 Å². The van der Waals surface area contributed by atoms with Crippen LogP contribution in [-0.4, -0.2) is 24.5 Å². The molecule has 1 amide bonds. The summed E-state index contributed by atoms with van der Waals surface area (Å²) < 4.78 is 38.4. The highest BCUT2D eigenvalue weighted by molar-refractivity contribution is 7.92. The van der Waals surface area contributed by atoms with Gasteiger partial charge in [0.05, 0.1) is 16.3 Å². The van der Waals surface area contributed by atoms with Crippen LogP contribution in [0.1, 0.15) is 37.2 Å². The van der Waals surface area contributed by atoms with Crippen LogP contribution in [0.15, 0.2) is 57.9 Å². The Kier molecular flexibility index (Phi) is 6.90. The van der Waals surface area contributed by atoms with Crippen LogP contribution in [0.5, 0.6) is 5.75 Å². The van der Waals surface area contributed by atoms with Gasteiger partial charge >= 0.3 is 0 Å². The molecule has 0 unspecified atom stereocenters. The van der Waals surface area contributed by atoms with E-state index in [9.17, 15) is 13.2 Å². The first-order valence-electron chi connectivity index (χ1n) is 10.7. The second-order valence-corrected chi connectivity index (χ2v) is 10.7. The van der Waals surface area contributed by atoms with Crippen molar-refractivity contribution >= 4 is 38.8 Å². The number of aryl methyl sites for hydroxylation is 3. The minimum absolute atomic E-state index is 0.0217. The fourth-order valence-electron chi connectivity index (χ4n) is 3.10. The van der Waals surface area contributed by atoms with Gasteiger partial charge in [0.2, 0.25) is 5.88 Å². The average Bonchev–Trinajstić information content (AvgIpc) is 3.35. The topological polar surface area (TPSA) is 123 Å². The summed E-state index contributed by atoms with van der Waals surface area (Å²) in [6.07, 6.45) is 0. The number of hydrogen-bond acceptors (Lipinski definition) is 8. The van der Waals surface area contributed by atoms with E-state index >= 15 is 0 Å². The lowest BCUT2D eigenvalue weighted by molar-refractivity contribution is 0.103. The van der Waals surface area contributed by atoms with Gasteiger partial charge in [-0.2, -0.15) is 0 Å². The van der Waals surface area contributed by atoms with Gasteiger partial charge in [-0.3, -0.25) is 4.79 Å². The van der Waals surface area contributed by atoms with Crippen molar-refractivity contribution in [3.05, 3.63) is 80.9 Å². The molecule has 182 valence electrons. The van der Waals surface area contributed by atoms with Gasteiger partial charge in [-0.1, -0.05) is 22.9 Å². The molecule has 35 heavy (non-hydrogen) atoms. The van der Waals surface area contributed by atoms with Crippen molar-refractivity contribution < 1.29 is 22.5 Å². The molecule has 2 aromatic heterocycles. The van der Waals surface area contributed by atoms with Crippen LogP contribution in [0.3, 0.4) is 0 Å². The van der Waals surface area contributed by atoms with E-state index in [1.54, 1.807) is 20.8 Å². The Balaban J connectivity index is 1.40. The zero-order valence-corrected chi connectivity index (χ0v) is 21.2. The van der Waals surface area contributed by atoms with Gasteiger partial charge in [0.25, 0.3) is 15.9 Å². The molecule has 4 rings (SSSR count). The molecule has 4 aromatic rings. The summed E-state index contributed by atoms with van der Waals surface area (Å²) >= 11 is 1.25. The molecule has 0 spiro atoms. The van der Waals surface area contributed by atoms with Gasteiger partial charge in [0.1, 0.15) is 22.2 Å². The average molecular weight is 513 g/mol. The lowest BCUT2D eigenvalue weighted by Gasteiger charge is -2.08. The van der Waals surface area contributed by atoms with E-state index in [1.165, 1.54) is 35.6 Å². The van der Waals surface area contributed by atoms with E-state index in [2.05, 4.69) is 20.2 Å². The van der Waals surface area contributed by atoms with Crippen LogP contribution in [0, 0.1) is 27.7 Å². The van der Waals surface area contributed by atoms with Gasteiger partial charge in [-0.05, 0) is 64.1 Å². The highest BCUT2D eigenvalue weighted by atomic mass is 32.2. The fourth-order valence-corrected chi connectivity index (χ4v) is 5.02. The number of benzene rings is 2. The van der Waals surface area contributed by atoms with Crippen molar-refractivity contribution in [3.63, 3.8) is 0 Å². The number of hydrogen-bond donors (Lipinski definition) is 2. The molecule has 0 saturated heterocycles. The Labute approximate surface area is 207 Å². The third-order valence-corrected chi connectivity index (χ3v) is 7.71. The fraction of sp³-hybridized carbons (Fsp3) is 0.208. The summed E-state index contributed by atoms with van der Waals surface area (Å²) in [5.74, 6) is 0.471. The second-order valence-electron chi connectivity index (χ2n) is 7.93. The number of rotatable bonds is 8. The number of aromatic nitrogens is 2. The molecule has 9 nitrogen and oxygen atoms in total. The van der Waals surface area contributed by atoms with Crippen LogP contribution < -0.4 is 14.8 Å². The van der Waals surface area contributed by atoms with Crippen LogP contribution >= 0.6 is 11.3 Å². The number of nitrogens with zero attached hydrogens (tertiary/aromatic N) is 2. The van der Waals surface area contributed by atoms with Crippen molar-refractivity contribution in [2.75, 3.05) is 10.0 Å². The highest BCUT2D eigenvalue weighted by Crippen LogP contribution is 2.24. The molecule has 0 aliphatic carbocycles. The maximum absolute atomic E-state index is 12.8. The minimum atomic E-state index is -3.87. The largest absolute Gasteiger partial charge is 0.486 e.